The molecule has 1 aliphatic rings. The number of carbonyl (C=O) groups excluding carboxylic acids is 1. The lowest BCUT2D eigenvalue weighted by atomic mass is 9.96. The van der Waals surface area contributed by atoms with Gasteiger partial charge in [-0.15, -0.1) is 0 Å². The van der Waals surface area contributed by atoms with Crippen LogP contribution in [0, 0.1) is 5.92 Å². The van der Waals surface area contributed by atoms with E-state index >= 15 is 0 Å². The number of hydrogen-bond donors (Lipinski definition) is 1. The Balaban J connectivity index is 2.56. The Morgan fingerprint density at radius 3 is 2.62 bits per heavy atom. The van der Waals surface area contributed by atoms with Gasteiger partial charge < -0.3 is 10.1 Å². The summed E-state index contributed by atoms with van der Waals surface area (Å²) in [5.74, 6) is 0.356. The molecule has 0 heterocycles. The first-order valence-electron chi connectivity index (χ1n) is 4.98. The average molecular weight is 185 g/mol. The molecule has 0 aliphatic heterocycles. The van der Waals surface area contributed by atoms with Gasteiger partial charge in [0.25, 0.3) is 0 Å². The molecular weight excluding hydrogens is 166 g/mol. The fraction of sp³-hybridized carbons (Fsp3) is 0.900. The normalized spacial score (nSPS) is 20.8. The molecule has 3 heteroatoms. The highest BCUT2D eigenvalue weighted by atomic mass is 16.5. The Morgan fingerprint density at radius 1 is 1.62 bits per heavy atom. The summed E-state index contributed by atoms with van der Waals surface area (Å²) in [5, 5.41) is 3.28. The summed E-state index contributed by atoms with van der Waals surface area (Å²) in [4.78, 5) is 11.5. The van der Waals surface area contributed by atoms with Gasteiger partial charge in [0.2, 0.25) is 0 Å². The van der Waals surface area contributed by atoms with Gasteiger partial charge in [0, 0.05) is 0 Å². The predicted octanol–water partition coefficient (Wildman–Crippen LogP) is 1.33. The molecular formula is C10H19NO2. The first-order chi connectivity index (χ1) is 6.15. The highest BCUT2D eigenvalue weighted by molar-refractivity contribution is 5.81. The maximum Gasteiger partial charge on any atom is 0.326 e. The number of hydrogen-bond acceptors (Lipinski definition) is 3. The van der Waals surface area contributed by atoms with Crippen LogP contribution in [0.25, 0.3) is 0 Å². The fourth-order valence-corrected chi connectivity index (χ4v) is 1.64. The average Bonchev–Trinajstić information content (AvgIpc) is 2.96. The first kappa shape index (κ1) is 10.5. The van der Waals surface area contributed by atoms with Gasteiger partial charge in [0.1, 0.15) is 5.54 Å². The molecule has 0 spiro atoms. The number of ether oxygens (including phenoxy) is 1. The van der Waals surface area contributed by atoms with Gasteiger partial charge in [-0.05, 0) is 38.6 Å². The Kier molecular flexibility index (Phi) is 3.31. The number of carbonyl (C=O) groups is 1. The maximum atomic E-state index is 11.5. The largest absolute Gasteiger partial charge is 0.468 e. The van der Waals surface area contributed by atoms with Crippen molar-refractivity contribution < 1.29 is 9.53 Å². The molecule has 0 aromatic carbocycles. The second-order valence-corrected chi connectivity index (χ2v) is 3.89. The van der Waals surface area contributed by atoms with E-state index in [1.165, 1.54) is 7.11 Å². The zero-order valence-corrected chi connectivity index (χ0v) is 8.72. The van der Waals surface area contributed by atoms with Crippen molar-refractivity contribution in [3.8, 4) is 0 Å². The van der Waals surface area contributed by atoms with Crippen molar-refractivity contribution in [2.75, 3.05) is 13.7 Å². The van der Waals surface area contributed by atoms with E-state index in [2.05, 4.69) is 12.2 Å². The van der Waals surface area contributed by atoms with E-state index in [4.69, 9.17) is 4.74 Å². The van der Waals surface area contributed by atoms with Crippen molar-refractivity contribution in [2.24, 2.45) is 5.92 Å². The summed E-state index contributed by atoms with van der Waals surface area (Å²) in [6.45, 7) is 4.92. The van der Waals surface area contributed by atoms with Crippen molar-refractivity contribution in [2.45, 2.75) is 38.6 Å². The number of nitrogens with one attached hydrogen (secondary N) is 1. The first-order valence-corrected chi connectivity index (χ1v) is 4.98. The van der Waals surface area contributed by atoms with Crippen LogP contribution in [0.15, 0.2) is 0 Å². The summed E-state index contributed by atoms with van der Waals surface area (Å²) in [6.07, 6.45) is 3.32. The molecule has 76 valence electrons. The van der Waals surface area contributed by atoms with Gasteiger partial charge in [0.05, 0.1) is 7.11 Å². The van der Waals surface area contributed by atoms with E-state index < -0.39 is 5.54 Å². The lowest BCUT2D eigenvalue weighted by Gasteiger charge is -2.27. The van der Waals surface area contributed by atoms with Gasteiger partial charge in [0.15, 0.2) is 0 Å². The molecule has 0 aromatic rings. The van der Waals surface area contributed by atoms with Gasteiger partial charge in [-0.3, -0.25) is 4.79 Å². The molecule has 1 fully saturated rings. The van der Waals surface area contributed by atoms with Gasteiger partial charge in [-0.1, -0.05) is 6.92 Å². The smallest absolute Gasteiger partial charge is 0.326 e. The van der Waals surface area contributed by atoms with Crippen LogP contribution in [-0.4, -0.2) is 25.2 Å². The lowest BCUT2D eigenvalue weighted by Crippen LogP contribution is -2.52. The standard InChI is InChI=1S/C10H19NO2/c1-4-7-11-10(2,8-5-6-8)9(12)13-3/h8,11H,4-7H2,1-3H3. The van der Waals surface area contributed by atoms with Crippen LogP contribution >= 0.6 is 0 Å². The summed E-state index contributed by atoms with van der Waals surface area (Å²) < 4.78 is 4.81. The third-order valence-electron chi connectivity index (χ3n) is 2.75. The second kappa shape index (κ2) is 4.09. The molecule has 1 N–H and O–H groups in total. The SMILES string of the molecule is CCCNC(C)(C(=O)OC)C1CC1. The summed E-state index contributed by atoms with van der Waals surface area (Å²) in [6, 6.07) is 0. The number of esters is 1. The van der Waals surface area contributed by atoms with E-state index in [1.807, 2.05) is 6.92 Å². The number of rotatable bonds is 5. The van der Waals surface area contributed by atoms with Crippen molar-refractivity contribution in [1.29, 1.82) is 0 Å². The second-order valence-electron chi connectivity index (χ2n) is 3.89. The molecule has 0 saturated heterocycles. The monoisotopic (exact) mass is 185 g/mol. The fourth-order valence-electron chi connectivity index (χ4n) is 1.64. The van der Waals surface area contributed by atoms with E-state index in [0.29, 0.717) is 5.92 Å². The molecule has 1 saturated carbocycles. The van der Waals surface area contributed by atoms with Crippen molar-refractivity contribution in [3.05, 3.63) is 0 Å². The van der Waals surface area contributed by atoms with E-state index in [-0.39, 0.29) is 5.97 Å². The summed E-state index contributed by atoms with van der Waals surface area (Å²) >= 11 is 0. The van der Waals surface area contributed by atoms with Crippen molar-refractivity contribution in [1.82, 2.24) is 5.32 Å². The highest BCUT2D eigenvalue weighted by Gasteiger charge is 2.47. The van der Waals surface area contributed by atoms with Gasteiger partial charge in [-0.25, -0.2) is 0 Å². The van der Waals surface area contributed by atoms with Gasteiger partial charge >= 0.3 is 5.97 Å². The third-order valence-corrected chi connectivity index (χ3v) is 2.75. The van der Waals surface area contributed by atoms with Crippen molar-refractivity contribution >= 4 is 5.97 Å². The van der Waals surface area contributed by atoms with Crippen LogP contribution in [-0.2, 0) is 9.53 Å². The van der Waals surface area contributed by atoms with Crippen LogP contribution < -0.4 is 5.32 Å². The van der Waals surface area contributed by atoms with Crippen LogP contribution in [0.1, 0.15) is 33.1 Å². The minimum absolute atomic E-state index is 0.122. The van der Waals surface area contributed by atoms with Crippen molar-refractivity contribution in [3.63, 3.8) is 0 Å². The third kappa shape index (κ3) is 2.21. The molecule has 0 radical (unpaired) electrons. The molecule has 13 heavy (non-hydrogen) atoms. The topological polar surface area (TPSA) is 38.3 Å². The highest BCUT2D eigenvalue weighted by Crippen LogP contribution is 2.40. The Labute approximate surface area is 79.8 Å². The lowest BCUT2D eigenvalue weighted by molar-refractivity contribution is -0.148. The molecule has 1 atom stereocenters. The zero-order valence-electron chi connectivity index (χ0n) is 8.72. The van der Waals surface area contributed by atoms with Crippen LogP contribution in [0.5, 0.6) is 0 Å². The molecule has 0 bridgehead atoms. The molecule has 0 aromatic heterocycles. The number of methoxy groups -OCH3 is 1. The Bertz CT molecular complexity index is 189. The van der Waals surface area contributed by atoms with E-state index in [9.17, 15) is 4.79 Å². The quantitative estimate of drug-likeness (QED) is 0.657. The van der Waals surface area contributed by atoms with E-state index in [1.54, 1.807) is 0 Å². The maximum absolute atomic E-state index is 11.5. The molecule has 0 amide bonds. The Hall–Kier alpha value is -0.570. The minimum atomic E-state index is -0.440. The molecule has 1 unspecified atom stereocenters. The Morgan fingerprint density at radius 2 is 2.23 bits per heavy atom. The van der Waals surface area contributed by atoms with Gasteiger partial charge in [-0.2, -0.15) is 0 Å². The van der Waals surface area contributed by atoms with Crippen LogP contribution in [0.2, 0.25) is 0 Å². The summed E-state index contributed by atoms with van der Waals surface area (Å²) in [7, 11) is 1.45. The zero-order chi connectivity index (χ0) is 9.90. The van der Waals surface area contributed by atoms with Crippen LogP contribution in [0.4, 0.5) is 0 Å². The minimum Gasteiger partial charge on any atom is -0.468 e. The molecule has 1 aliphatic carbocycles. The summed E-state index contributed by atoms with van der Waals surface area (Å²) in [5.41, 5.74) is -0.440. The molecule has 3 nitrogen and oxygen atoms in total. The van der Waals surface area contributed by atoms with Crippen LogP contribution in [0.3, 0.4) is 0 Å². The molecule has 1 rings (SSSR count). The van der Waals surface area contributed by atoms with E-state index in [0.717, 1.165) is 25.8 Å². The predicted molar refractivity (Wildman–Crippen MR) is 51.4 cm³/mol.